The lowest BCUT2D eigenvalue weighted by Gasteiger charge is -2.35. The lowest BCUT2D eigenvalue weighted by molar-refractivity contribution is -0.134. The molecule has 184 valence electrons. The second-order valence-corrected chi connectivity index (χ2v) is 9.71. The lowest BCUT2D eigenvalue weighted by atomic mass is 9.76. The molecule has 2 heterocycles. The van der Waals surface area contributed by atoms with Crippen LogP contribution in [0.1, 0.15) is 36.5 Å². The Morgan fingerprint density at radius 1 is 1.09 bits per heavy atom. The topological polar surface area (TPSA) is 85.0 Å². The molecule has 1 spiro atoms. The van der Waals surface area contributed by atoms with Crippen LogP contribution in [-0.4, -0.2) is 66.9 Å². The van der Waals surface area contributed by atoms with Gasteiger partial charge in [0, 0.05) is 37.6 Å². The first-order valence-corrected chi connectivity index (χ1v) is 12.5. The van der Waals surface area contributed by atoms with E-state index in [1.54, 1.807) is 0 Å². The predicted molar refractivity (Wildman–Crippen MR) is 135 cm³/mol. The van der Waals surface area contributed by atoms with Gasteiger partial charge in [-0.15, -0.1) is 0 Å². The smallest absolute Gasteiger partial charge is 0.325 e. The van der Waals surface area contributed by atoms with Crippen LogP contribution in [0.25, 0.3) is 0 Å². The van der Waals surface area contributed by atoms with Gasteiger partial charge in [-0.25, -0.2) is 4.79 Å². The normalized spacial score (nSPS) is 22.3. The number of piperazine rings is 1. The summed E-state index contributed by atoms with van der Waals surface area (Å²) >= 11 is 0. The number of hydrogen-bond donors (Lipinski definition) is 2. The molecule has 2 aliphatic heterocycles. The largest absolute Gasteiger partial charge is 0.369 e. The lowest BCUT2D eigenvalue weighted by Crippen LogP contribution is -2.47. The van der Waals surface area contributed by atoms with Gasteiger partial charge in [-0.05, 0) is 67.6 Å². The van der Waals surface area contributed by atoms with Crippen molar-refractivity contribution in [2.24, 2.45) is 0 Å². The summed E-state index contributed by atoms with van der Waals surface area (Å²) in [6, 6.07) is 13.2. The van der Waals surface area contributed by atoms with Crippen molar-refractivity contribution in [1.29, 1.82) is 0 Å². The molecule has 1 atom stereocenters. The maximum Gasteiger partial charge on any atom is 0.325 e. The zero-order valence-corrected chi connectivity index (χ0v) is 20.5. The highest BCUT2D eigenvalue weighted by Gasteiger charge is 2.54. The molecule has 3 aliphatic rings. The fraction of sp³-hybridized carbons (Fsp3) is 0.444. The number of imide groups is 1. The van der Waals surface area contributed by atoms with Gasteiger partial charge in [0.2, 0.25) is 5.91 Å². The molecule has 2 N–H and O–H groups in total. The molecule has 2 aromatic carbocycles. The van der Waals surface area contributed by atoms with Gasteiger partial charge in [0.15, 0.2) is 0 Å². The van der Waals surface area contributed by atoms with E-state index >= 15 is 0 Å². The van der Waals surface area contributed by atoms with Gasteiger partial charge in [-0.2, -0.15) is 0 Å². The third-order valence-electron chi connectivity index (χ3n) is 7.62. The first kappa shape index (κ1) is 23.4. The predicted octanol–water partition coefficient (Wildman–Crippen LogP) is 2.86. The fourth-order valence-corrected chi connectivity index (χ4v) is 5.60. The second kappa shape index (κ2) is 9.34. The number of carbonyl (C=O) groups excluding carboxylic acids is 3. The third kappa shape index (κ3) is 4.27. The number of nitrogens with zero attached hydrogens (tertiary/aromatic N) is 3. The van der Waals surface area contributed by atoms with Gasteiger partial charge in [0.1, 0.15) is 12.1 Å². The van der Waals surface area contributed by atoms with E-state index in [0.29, 0.717) is 12.1 Å². The summed E-state index contributed by atoms with van der Waals surface area (Å²) in [6.07, 6.45) is 2.23. The summed E-state index contributed by atoms with van der Waals surface area (Å²) in [5, 5.41) is 5.80. The molecule has 8 heteroatoms. The van der Waals surface area contributed by atoms with Crippen LogP contribution in [0.3, 0.4) is 0 Å². The maximum absolute atomic E-state index is 13.4. The summed E-state index contributed by atoms with van der Waals surface area (Å²) in [5.74, 6) is -0.731. The molecule has 2 fully saturated rings. The third-order valence-corrected chi connectivity index (χ3v) is 7.62. The number of carbonyl (C=O) groups is 3. The number of nitrogens with one attached hydrogen (secondary N) is 2. The summed E-state index contributed by atoms with van der Waals surface area (Å²) in [5.41, 5.74) is 3.64. The quantitative estimate of drug-likeness (QED) is 0.650. The van der Waals surface area contributed by atoms with Gasteiger partial charge in [0.25, 0.3) is 5.91 Å². The molecular weight excluding hydrogens is 442 g/mol. The summed E-state index contributed by atoms with van der Waals surface area (Å²) in [7, 11) is 0. The number of aryl methyl sites for hydroxylation is 2. The Kier molecular flexibility index (Phi) is 6.23. The molecule has 0 unspecified atom stereocenters. The highest BCUT2D eigenvalue weighted by Crippen LogP contribution is 2.39. The average Bonchev–Trinajstić information content (AvgIpc) is 3.10. The van der Waals surface area contributed by atoms with Gasteiger partial charge < -0.3 is 20.4 Å². The van der Waals surface area contributed by atoms with Crippen LogP contribution in [0.2, 0.25) is 0 Å². The van der Waals surface area contributed by atoms with Crippen LogP contribution < -0.4 is 15.5 Å². The zero-order chi connectivity index (χ0) is 24.6. The Bertz CT molecular complexity index is 1160. The number of urea groups is 1. The number of likely N-dealkylation sites (N-methyl/N-ethyl adjacent to an activating group) is 1. The molecule has 2 aromatic rings. The first-order chi connectivity index (χ1) is 16.9. The van der Waals surface area contributed by atoms with Crippen LogP contribution in [0.4, 0.5) is 16.2 Å². The minimum atomic E-state index is -1.06. The van der Waals surface area contributed by atoms with Gasteiger partial charge in [-0.3, -0.25) is 14.5 Å². The number of benzene rings is 2. The number of anilines is 2. The monoisotopic (exact) mass is 475 g/mol. The molecule has 0 bridgehead atoms. The summed E-state index contributed by atoms with van der Waals surface area (Å²) in [6.45, 7) is 8.97. The highest BCUT2D eigenvalue weighted by atomic mass is 16.2. The molecule has 0 saturated carbocycles. The van der Waals surface area contributed by atoms with E-state index in [1.165, 1.54) is 0 Å². The second-order valence-electron chi connectivity index (χ2n) is 9.71. The molecule has 1 aliphatic carbocycles. The van der Waals surface area contributed by atoms with Gasteiger partial charge in [0.05, 0.1) is 0 Å². The Labute approximate surface area is 206 Å². The van der Waals surface area contributed by atoms with E-state index in [4.69, 9.17) is 0 Å². The fourth-order valence-electron chi connectivity index (χ4n) is 5.60. The minimum Gasteiger partial charge on any atom is -0.369 e. The molecule has 4 amide bonds. The zero-order valence-electron chi connectivity index (χ0n) is 20.5. The van der Waals surface area contributed by atoms with Crippen LogP contribution in [0.15, 0.2) is 42.5 Å². The van der Waals surface area contributed by atoms with E-state index in [1.807, 2.05) is 43.3 Å². The summed E-state index contributed by atoms with van der Waals surface area (Å²) in [4.78, 5) is 44.9. The Morgan fingerprint density at radius 3 is 2.60 bits per heavy atom. The van der Waals surface area contributed by atoms with Gasteiger partial charge in [-0.1, -0.05) is 31.2 Å². The van der Waals surface area contributed by atoms with Crippen LogP contribution in [0, 0.1) is 6.92 Å². The molecular formula is C27H33N5O3. The average molecular weight is 476 g/mol. The number of rotatable bonds is 5. The number of hydrogen-bond acceptors (Lipinski definition) is 5. The van der Waals surface area contributed by atoms with Crippen molar-refractivity contribution in [2.45, 2.75) is 38.6 Å². The molecule has 0 radical (unpaired) electrons. The van der Waals surface area contributed by atoms with E-state index in [2.05, 4.69) is 33.4 Å². The highest BCUT2D eigenvalue weighted by molar-refractivity contribution is 6.10. The minimum absolute atomic E-state index is 0.311. The van der Waals surface area contributed by atoms with E-state index in [9.17, 15) is 14.4 Å². The van der Waals surface area contributed by atoms with Crippen molar-refractivity contribution in [3.8, 4) is 0 Å². The van der Waals surface area contributed by atoms with Crippen LogP contribution in [0.5, 0.6) is 0 Å². The van der Waals surface area contributed by atoms with E-state index in [0.717, 1.165) is 72.8 Å². The van der Waals surface area contributed by atoms with Gasteiger partial charge >= 0.3 is 6.03 Å². The number of fused-ring (bicyclic) bond motifs is 2. The first-order valence-electron chi connectivity index (χ1n) is 12.5. The van der Waals surface area contributed by atoms with E-state index < -0.39 is 11.6 Å². The standard InChI is InChI=1S/C27H33N5O3/c1-3-30-13-15-31(16-14-30)21-10-11-23(19(2)17-21)28-24(33)18-32-25(34)27(29-26(32)35)12-6-8-20-7-4-5-9-22(20)27/h4-5,7,9-11,17H,3,6,8,12-16,18H2,1-2H3,(H,28,33)(H,29,35)/t27-/m0/s1. The Hall–Kier alpha value is -3.39. The molecule has 5 rings (SSSR count). The molecule has 2 saturated heterocycles. The molecule has 8 nitrogen and oxygen atoms in total. The van der Waals surface area contributed by atoms with Crippen LogP contribution >= 0.6 is 0 Å². The maximum atomic E-state index is 13.4. The molecule has 0 aromatic heterocycles. The van der Waals surface area contributed by atoms with Crippen molar-refractivity contribution >= 4 is 29.2 Å². The Balaban J connectivity index is 1.26. The molecule has 35 heavy (non-hydrogen) atoms. The van der Waals surface area contributed by atoms with Crippen molar-refractivity contribution < 1.29 is 14.4 Å². The number of amides is 4. The van der Waals surface area contributed by atoms with E-state index in [-0.39, 0.29) is 18.4 Å². The summed E-state index contributed by atoms with van der Waals surface area (Å²) < 4.78 is 0. The van der Waals surface area contributed by atoms with Crippen molar-refractivity contribution in [1.82, 2.24) is 15.1 Å². The Morgan fingerprint density at radius 2 is 1.86 bits per heavy atom. The van der Waals surface area contributed by atoms with Crippen molar-refractivity contribution in [3.05, 3.63) is 59.2 Å². The SMILES string of the molecule is CCN1CCN(c2ccc(NC(=O)CN3C(=O)N[C@]4(CCCc5ccccc54)C3=O)c(C)c2)CC1. The van der Waals surface area contributed by atoms with Crippen molar-refractivity contribution in [3.63, 3.8) is 0 Å². The van der Waals surface area contributed by atoms with Crippen molar-refractivity contribution in [2.75, 3.05) is 49.5 Å². The van der Waals surface area contributed by atoms with Crippen LogP contribution in [-0.2, 0) is 21.5 Å².